The van der Waals surface area contributed by atoms with Crippen LogP contribution in [-0.2, 0) is 0 Å². The maximum atomic E-state index is 7.27. The molecule has 0 amide bonds. The quantitative estimate of drug-likeness (QED) is 0.464. The third-order valence-electron chi connectivity index (χ3n) is 6.35. The van der Waals surface area contributed by atoms with Crippen LogP contribution in [0.5, 0.6) is 0 Å². The Morgan fingerprint density at radius 2 is 1.81 bits per heavy atom. The molecule has 0 spiro atoms. The summed E-state index contributed by atoms with van der Waals surface area (Å²) in [5, 5.41) is 12.4. The number of anilines is 1. The molecule has 2 aromatic heterocycles. The van der Waals surface area contributed by atoms with Crippen LogP contribution >= 0.6 is 0 Å². The lowest BCUT2D eigenvalue weighted by Gasteiger charge is -2.33. The molecule has 6 nitrogen and oxygen atoms in total. The van der Waals surface area contributed by atoms with Gasteiger partial charge in [-0.05, 0) is 44.0 Å². The smallest absolute Gasteiger partial charge is 0.187 e. The van der Waals surface area contributed by atoms with Gasteiger partial charge in [-0.25, -0.2) is 4.85 Å². The molecule has 5 rings (SSSR count). The first-order chi connectivity index (χ1) is 15.7. The van der Waals surface area contributed by atoms with Gasteiger partial charge in [-0.15, -0.1) is 10.2 Å². The lowest BCUT2D eigenvalue weighted by Crippen LogP contribution is -2.45. The largest absolute Gasteiger partial charge is 0.352 e. The fourth-order valence-corrected chi connectivity index (χ4v) is 4.57. The molecule has 2 aromatic carbocycles. The summed E-state index contributed by atoms with van der Waals surface area (Å²) >= 11 is 0. The molecule has 4 aromatic rings. The van der Waals surface area contributed by atoms with Crippen molar-refractivity contribution in [3.63, 3.8) is 0 Å². The molecule has 0 aliphatic carbocycles. The van der Waals surface area contributed by atoms with Crippen LogP contribution in [0, 0.1) is 13.5 Å². The molecule has 32 heavy (non-hydrogen) atoms. The van der Waals surface area contributed by atoms with E-state index in [4.69, 9.17) is 6.57 Å². The molecular weight excluding hydrogens is 396 g/mol. The van der Waals surface area contributed by atoms with Gasteiger partial charge >= 0.3 is 0 Å². The van der Waals surface area contributed by atoms with E-state index < -0.39 is 0 Å². The topological polar surface area (TPSA) is 49.8 Å². The van der Waals surface area contributed by atoms with E-state index in [9.17, 15) is 0 Å². The lowest BCUT2D eigenvalue weighted by atomic mass is 10.0. The normalized spacial score (nSPS) is 16.3. The van der Waals surface area contributed by atoms with Crippen molar-refractivity contribution >= 4 is 17.0 Å². The molecule has 0 saturated carbocycles. The van der Waals surface area contributed by atoms with Gasteiger partial charge in [0.15, 0.2) is 11.5 Å². The molecule has 6 heteroatoms. The first-order valence-electron chi connectivity index (χ1n) is 11.0. The molecule has 0 bridgehead atoms. The first-order valence-corrected chi connectivity index (χ1v) is 11.0. The number of hydrogen-bond donors (Lipinski definition) is 1. The second kappa shape index (κ2) is 8.45. The maximum Gasteiger partial charge on any atom is 0.187 e. The number of piperidine rings is 1. The van der Waals surface area contributed by atoms with Crippen molar-refractivity contribution in [1.82, 2.24) is 19.9 Å². The Bertz CT molecular complexity index is 1280. The van der Waals surface area contributed by atoms with Crippen LogP contribution in [0.4, 0.5) is 11.5 Å². The van der Waals surface area contributed by atoms with Gasteiger partial charge in [0.2, 0.25) is 0 Å². The maximum absolute atomic E-state index is 7.27. The van der Waals surface area contributed by atoms with Crippen molar-refractivity contribution < 1.29 is 0 Å². The van der Waals surface area contributed by atoms with E-state index in [1.807, 2.05) is 37.6 Å². The molecule has 1 unspecified atom stereocenters. The average Bonchev–Trinajstić information content (AvgIpc) is 3.24. The fraction of sp³-hybridized carbons (Fsp3) is 0.269. The van der Waals surface area contributed by atoms with Gasteiger partial charge in [0.25, 0.3) is 0 Å². The minimum Gasteiger partial charge on any atom is -0.352 e. The average molecular weight is 423 g/mol. The lowest BCUT2D eigenvalue weighted by molar-refractivity contribution is 0.447. The van der Waals surface area contributed by atoms with Crippen LogP contribution in [0.15, 0.2) is 60.9 Å². The van der Waals surface area contributed by atoms with Gasteiger partial charge in [-0.1, -0.05) is 54.1 Å². The molecule has 1 saturated heterocycles. The number of fused-ring (bicyclic) bond motifs is 1. The second-order valence-corrected chi connectivity index (χ2v) is 8.41. The van der Waals surface area contributed by atoms with E-state index >= 15 is 0 Å². The fourth-order valence-electron chi connectivity index (χ4n) is 4.57. The van der Waals surface area contributed by atoms with Gasteiger partial charge in [0, 0.05) is 24.7 Å². The van der Waals surface area contributed by atoms with Gasteiger partial charge in [0.05, 0.1) is 17.8 Å². The van der Waals surface area contributed by atoms with Gasteiger partial charge in [-0.3, -0.25) is 4.40 Å². The summed E-state index contributed by atoms with van der Waals surface area (Å²) in [4.78, 5) is 5.89. The Balaban J connectivity index is 1.71. The highest BCUT2D eigenvalue weighted by Gasteiger charge is 2.24. The molecule has 1 aliphatic rings. The first kappa shape index (κ1) is 20.2. The minimum atomic E-state index is 0.456. The van der Waals surface area contributed by atoms with Crippen molar-refractivity contribution in [3.05, 3.63) is 77.9 Å². The van der Waals surface area contributed by atoms with E-state index in [0.29, 0.717) is 11.7 Å². The second-order valence-electron chi connectivity index (χ2n) is 8.41. The molecule has 160 valence electrons. The number of hydrogen-bond acceptors (Lipinski definition) is 4. The monoisotopic (exact) mass is 422 g/mol. The zero-order chi connectivity index (χ0) is 22.1. The summed E-state index contributed by atoms with van der Waals surface area (Å²) < 4.78 is 2.16. The Hall–Kier alpha value is -3.69. The summed E-state index contributed by atoms with van der Waals surface area (Å²) in [5.74, 6) is 0.921. The van der Waals surface area contributed by atoms with E-state index in [-0.39, 0.29) is 0 Å². The van der Waals surface area contributed by atoms with Crippen molar-refractivity contribution in [1.29, 1.82) is 0 Å². The van der Waals surface area contributed by atoms with Gasteiger partial charge < -0.3 is 10.2 Å². The number of rotatable bonds is 4. The van der Waals surface area contributed by atoms with Crippen molar-refractivity contribution in [3.8, 4) is 22.4 Å². The number of benzene rings is 2. The van der Waals surface area contributed by atoms with Gasteiger partial charge in [0.1, 0.15) is 6.33 Å². The number of likely N-dealkylation sites (N-methyl/N-ethyl adjacent to an activating group) is 1. The molecule has 1 atom stereocenters. The highest BCUT2D eigenvalue weighted by atomic mass is 15.3. The molecule has 3 heterocycles. The summed E-state index contributed by atoms with van der Waals surface area (Å²) in [7, 11) is 2.03. The van der Waals surface area contributed by atoms with Crippen LogP contribution in [0.2, 0.25) is 0 Å². The minimum absolute atomic E-state index is 0.456. The zero-order valence-corrected chi connectivity index (χ0v) is 18.4. The third kappa shape index (κ3) is 3.61. The number of aromatic nitrogens is 3. The highest BCUT2D eigenvalue weighted by Crippen LogP contribution is 2.38. The SMILES string of the molecule is [C-]#[N+]c1ccc(-c2cc3c(N4CCCC(NC)C4)nncn3c2-c2ccc(C)cc2)cc1. The molecule has 1 fully saturated rings. The van der Waals surface area contributed by atoms with E-state index in [1.165, 1.54) is 12.0 Å². The van der Waals surface area contributed by atoms with Crippen LogP contribution in [0.25, 0.3) is 32.7 Å². The Labute approximate surface area is 188 Å². The van der Waals surface area contributed by atoms with Crippen LogP contribution in [0.1, 0.15) is 18.4 Å². The molecule has 0 radical (unpaired) electrons. The predicted octanol–water partition coefficient (Wildman–Crippen LogP) is 5.11. The van der Waals surface area contributed by atoms with Crippen LogP contribution < -0.4 is 10.2 Å². The van der Waals surface area contributed by atoms with E-state index in [0.717, 1.165) is 53.2 Å². The Morgan fingerprint density at radius 1 is 1.06 bits per heavy atom. The third-order valence-corrected chi connectivity index (χ3v) is 6.35. The Morgan fingerprint density at radius 3 is 2.53 bits per heavy atom. The van der Waals surface area contributed by atoms with Crippen LogP contribution in [0.3, 0.4) is 0 Å². The summed E-state index contributed by atoms with van der Waals surface area (Å²) in [6, 6.07) is 19.1. The van der Waals surface area contributed by atoms with Crippen molar-refractivity contribution in [2.75, 3.05) is 25.0 Å². The highest BCUT2D eigenvalue weighted by molar-refractivity contribution is 5.90. The van der Waals surface area contributed by atoms with Crippen molar-refractivity contribution in [2.24, 2.45) is 0 Å². The predicted molar refractivity (Wildman–Crippen MR) is 129 cm³/mol. The molecular formula is C26H26N6. The summed E-state index contributed by atoms with van der Waals surface area (Å²) in [6.45, 7) is 11.3. The number of nitrogens with one attached hydrogen (secondary N) is 1. The summed E-state index contributed by atoms with van der Waals surface area (Å²) in [5.41, 5.74) is 7.34. The zero-order valence-electron chi connectivity index (χ0n) is 18.4. The molecule has 1 aliphatic heterocycles. The van der Waals surface area contributed by atoms with E-state index in [2.05, 4.69) is 66.9 Å². The Kier molecular flexibility index (Phi) is 5.34. The van der Waals surface area contributed by atoms with Crippen LogP contribution in [-0.4, -0.2) is 40.8 Å². The molecule has 1 N–H and O–H groups in total. The van der Waals surface area contributed by atoms with Crippen molar-refractivity contribution in [2.45, 2.75) is 25.8 Å². The van der Waals surface area contributed by atoms with Gasteiger partial charge in [-0.2, -0.15) is 0 Å². The standard InChI is InChI=1S/C26H26N6/c1-18-6-8-20(9-7-18)25-23(19-10-12-21(27-2)13-11-19)15-24-26(30-29-17-32(24)25)31-14-4-5-22(16-31)28-3/h6-13,15,17,22,28H,4-5,14,16H2,1,3H3. The number of aryl methyl sites for hydroxylation is 1. The number of nitrogens with zero attached hydrogens (tertiary/aromatic N) is 5. The van der Waals surface area contributed by atoms with E-state index in [1.54, 1.807) is 0 Å². The summed E-state index contributed by atoms with van der Waals surface area (Å²) in [6.07, 6.45) is 4.12.